The molecule has 0 aliphatic carbocycles. The van der Waals surface area contributed by atoms with Crippen LogP contribution in [-0.2, 0) is 9.59 Å². The number of likely N-dealkylation sites (tertiary alicyclic amines) is 1. The lowest BCUT2D eigenvalue weighted by molar-refractivity contribution is -0.137. The van der Waals surface area contributed by atoms with E-state index in [2.05, 4.69) is 5.32 Å². The Morgan fingerprint density at radius 3 is 2.50 bits per heavy atom. The molecule has 5 heteroatoms. The summed E-state index contributed by atoms with van der Waals surface area (Å²) in [6.07, 6.45) is 0.617. The Morgan fingerprint density at radius 1 is 0.955 bits per heavy atom. The molecule has 110 valence electrons. The number of hydrogen-bond acceptors (Lipinski definition) is 4. The minimum atomic E-state index is -0.123. The van der Waals surface area contributed by atoms with Gasteiger partial charge in [-0.2, -0.15) is 0 Å². The summed E-state index contributed by atoms with van der Waals surface area (Å²) in [6, 6.07) is 13.7. The fourth-order valence-corrected chi connectivity index (χ4v) is 2.81. The Balaban J connectivity index is 1.61. The van der Waals surface area contributed by atoms with Crippen LogP contribution in [0.5, 0.6) is 0 Å². The molecule has 2 aromatic carbocycles. The molecule has 0 spiro atoms. The molecular formula is C17H14N2O3. The molecule has 3 aromatic rings. The van der Waals surface area contributed by atoms with Crippen LogP contribution in [0.4, 0.5) is 5.69 Å². The van der Waals surface area contributed by atoms with Gasteiger partial charge in [0.25, 0.3) is 0 Å². The van der Waals surface area contributed by atoms with E-state index in [1.54, 1.807) is 0 Å². The Labute approximate surface area is 126 Å². The highest BCUT2D eigenvalue weighted by atomic mass is 16.3. The summed E-state index contributed by atoms with van der Waals surface area (Å²) in [5.41, 5.74) is 2.45. The zero-order valence-corrected chi connectivity index (χ0v) is 11.8. The van der Waals surface area contributed by atoms with Crippen molar-refractivity contribution in [3.05, 3.63) is 42.5 Å². The van der Waals surface area contributed by atoms with Crippen molar-refractivity contribution in [2.75, 3.05) is 12.0 Å². The maximum absolute atomic E-state index is 11.6. The lowest BCUT2D eigenvalue weighted by Crippen LogP contribution is -2.33. The first kappa shape index (κ1) is 12.9. The predicted molar refractivity (Wildman–Crippen MR) is 83.3 cm³/mol. The van der Waals surface area contributed by atoms with Gasteiger partial charge in [0.05, 0.1) is 6.67 Å². The molecule has 0 saturated carbocycles. The number of benzene rings is 2. The largest absolute Gasteiger partial charge is 0.456 e. The normalized spacial score (nSPS) is 15.2. The quantitative estimate of drug-likeness (QED) is 0.754. The van der Waals surface area contributed by atoms with E-state index in [-0.39, 0.29) is 18.5 Å². The fraction of sp³-hybridized carbons (Fsp3) is 0.176. The molecular weight excluding hydrogens is 280 g/mol. The molecule has 1 aliphatic heterocycles. The zero-order valence-electron chi connectivity index (χ0n) is 11.8. The number of rotatable bonds is 3. The molecule has 22 heavy (non-hydrogen) atoms. The molecule has 0 unspecified atom stereocenters. The summed E-state index contributed by atoms with van der Waals surface area (Å²) in [6.45, 7) is 0.198. The summed E-state index contributed by atoms with van der Waals surface area (Å²) in [5, 5.41) is 5.24. The van der Waals surface area contributed by atoms with E-state index in [1.165, 1.54) is 4.90 Å². The van der Waals surface area contributed by atoms with Crippen LogP contribution in [0, 0.1) is 0 Å². The van der Waals surface area contributed by atoms with Crippen LogP contribution in [0.1, 0.15) is 12.8 Å². The highest BCUT2D eigenvalue weighted by Gasteiger charge is 2.28. The van der Waals surface area contributed by atoms with E-state index in [4.69, 9.17) is 4.42 Å². The first-order valence-corrected chi connectivity index (χ1v) is 7.21. The zero-order chi connectivity index (χ0) is 15.1. The molecule has 1 saturated heterocycles. The Kier molecular flexibility index (Phi) is 2.85. The van der Waals surface area contributed by atoms with Gasteiger partial charge in [-0.3, -0.25) is 14.5 Å². The van der Waals surface area contributed by atoms with Crippen LogP contribution in [-0.4, -0.2) is 23.4 Å². The number of hydrogen-bond donors (Lipinski definition) is 1. The molecule has 1 fully saturated rings. The summed E-state index contributed by atoms with van der Waals surface area (Å²) in [7, 11) is 0. The summed E-state index contributed by atoms with van der Waals surface area (Å²) < 4.78 is 5.82. The molecule has 0 bridgehead atoms. The fourth-order valence-electron chi connectivity index (χ4n) is 2.81. The molecule has 4 rings (SSSR count). The third kappa shape index (κ3) is 2.02. The highest BCUT2D eigenvalue weighted by molar-refractivity contribution is 6.05. The summed E-state index contributed by atoms with van der Waals surface area (Å²) in [5.74, 6) is -0.246. The number of carbonyl (C=O) groups is 2. The van der Waals surface area contributed by atoms with Gasteiger partial charge in [0.1, 0.15) is 11.2 Å². The number of anilines is 1. The van der Waals surface area contributed by atoms with Crippen molar-refractivity contribution in [3.63, 3.8) is 0 Å². The first-order chi connectivity index (χ1) is 10.7. The maximum Gasteiger partial charge on any atom is 0.231 e. The third-order valence-electron chi connectivity index (χ3n) is 3.97. The van der Waals surface area contributed by atoms with Gasteiger partial charge in [-0.15, -0.1) is 0 Å². The number of nitrogens with zero attached hydrogens (tertiary/aromatic N) is 1. The van der Waals surface area contributed by atoms with Crippen molar-refractivity contribution < 1.29 is 14.0 Å². The van der Waals surface area contributed by atoms with Crippen molar-refractivity contribution >= 4 is 39.4 Å². The molecule has 1 aliphatic rings. The van der Waals surface area contributed by atoms with E-state index in [0.29, 0.717) is 12.8 Å². The lowest BCUT2D eigenvalue weighted by Gasteiger charge is -2.15. The minimum Gasteiger partial charge on any atom is -0.456 e. The average molecular weight is 294 g/mol. The number of furan rings is 1. The second kappa shape index (κ2) is 4.87. The van der Waals surface area contributed by atoms with Crippen LogP contribution >= 0.6 is 0 Å². The van der Waals surface area contributed by atoms with Crippen LogP contribution in [0.3, 0.4) is 0 Å². The number of nitrogens with one attached hydrogen (secondary N) is 1. The maximum atomic E-state index is 11.6. The number of amides is 2. The summed E-state index contributed by atoms with van der Waals surface area (Å²) in [4.78, 5) is 24.4. The van der Waals surface area contributed by atoms with Gasteiger partial charge >= 0.3 is 0 Å². The van der Waals surface area contributed by atoms with Crippen molar-refractivity contribution in [1.82, 2.24) is 4.90 Å². The van der Waals surface area contributed by atoms with E-state index < -0.39 is 0 Å². The van der Waals surface area contributed by atoms with Gasteiger partial charge in [0, 0.05) is 35.4 Å². The van der Waals surface area contributed by atoms with Gasteiger partial charge < -0.3 is 9.73 Å². The van der Waals surface area contributed by atoms with E-state index in [0.717, 1.165) is 27.6 Å². The Bertz CT molecular complexity index is 881. The Hall–Kier alpha value is -2.82. The van der Waals surface area contributed by atoms with Gasteiger partial charge in [0.2, 0.25) is 11.8 Å². The van der Waals surface area contributed by atoms with Crippen molar-refractivity contribution in [3.8, 4) is 0 Å². The van der Waals surface area contributed by atoms with Gasteiger partial charge in [0.15, 0.2) is 0 Å². The molecule has 5 nitrogen and oxygen atoms in total. The van der Waals surface area contributed by atoms with E-state index in [9.17, 15) is 9.59 Å². The van der Waals surface area contributed by atoms with Gasteiger partial charge in [-0.1, -0.05) is 18.2 Å². The van der Waals surface area contributed by atoms with Crippen molar-refractivity contribution in [1.29, 1.82) is 0 Å². The van der Waals surface area contributed by atoms with Crippen molar-refractivity contribution in [2.45, 2.75) is 12.8 Å². The smallest absolute Gasteiger partial charge is 0.231 e. The number of fused-ring (bicyclic) bond motifs is 3. The van der Waals surface area contributed by atoms with Gasteiger partial charge in [-0.25, -0.2) is 0 Å². The summed E-state index contributed by atoms with van der Waals surface area (Å²) >= 11 is 0. The van der Waals surface area contributed by atoms with E-state index >= 15 is 0 Å². The lowest BCUT2D eigenvalue weighted by atomic mass is 10.1. The molecule has 1 aromatic heterocycles. The first-order valence-electron chi connectivity index (χ1n) is 7.21. The van der Waals surface area contributed by atoms with Gasteiger partial charge in [-0.05, 0) is 18.2 Å². The molecule has 0 radical (unpaired) electrons. The SMILES string of the molecule is O=C1CCC(=O)N1CNc1ccc2c(c1)oc1ccccc12. The minimum absolute atomic E-state index is 0.123. The second-order valence-electron chi connectivity index (χ2n) is 5.36. The van der Waals surface area contributed by atoms with E-state index in [1.807, 2.05) is 42.5 Å². The number of para-hydroxylation sites is 1. The van der Waals surface area contributed by atoms with Crippen LogP contribution in [0.2, 0.25) is 0 Å². The molecule has 2 amide bonds. The van der Waals surface area contributed by atoms with Crippen LogP contribution in [0.25, 0.3) is 21.9 Å². The predicted octanol–water partition coefficient (Wildman–Crippen LogP) is 3.10. The average Bonchev–Trinajstić information content (AvgIpc) is 3.05. The molecule has 0 atom stereocenters. The van der Waals surface area contributed by atoms with Crippen molar-refractivity contribution in [2.24, 2.45) is 0 Å². The molecule has 1 N–H and O–H groups in total. The monoisotopic (exact) mass is 294 g/mol. The third-order valence-corrected chi connectivity index (χ3v) is 3.97. The molecule has 2 heterocycles. The number of carbonyl (C=O) groups excluding carboxylic acids is 2. The van der Waals surface area contributed by atoms with Crippen LogP contribution in [0.15, 0.2) is 46.9 Å². The highest BCUT2D eigenvalue weighted by Crippen LogP contribution is 2.30. The Morgan fingerprint density at radius 2 is 1.68 bits per heavy atom. The topological polar surface area (TPSA) is 62.6 Å². The standard InChI is InChI=1S/C17H14N2O3/c20-16-7-8-17(21)19(16)10-18-11-5-6-13-12-3-1-2-4-14(12)22-15(13)9-11/h1-6,9,18H,7-8,10H2. The van der Waals surface area contributed by atoms with Crippen LogP contribution < -0.4 is 5.32 Å². The second-order valence-corrected chi connectivity index (χ2v) is 5.36. The number of imide groups is 1.